The van der Waals surface area contributed by atoms with Crippen molar-refractivity contribution >= 4 is 51.0 Å². The fraction of sp³-hybridized carbons (Fsp3) is 0.333. The molecule has 1 aromatic carbocycles. The molecular formula is C15H14ClN3O4S. The van der Waals surface area contributed by atoms with Crippen LogP contribution >= 0.6 is 23.4 Å². The normalized spacial score (nSPS) is 17.1. The number of fused-ring (bicyclic) bond motifs is 1. The smallest absolute Gasteiger partial charge is 0.302 e. The molecule has 2 heterocycles. The number of aromatic amines is 1. The second-order valence-corrected chi connectivity index (χ2v) is 6.63. The molecule has 0 spiro atoms. The molecular weight excluding hydrogens is 354 g/mol. The van der Waals surface area contributed by atoms with Crippen LogP contribution < -0.4 is 0 Å². The van der Waals surface area contributed by atoms with Crippen molar-refractivity contribution in [3.8, 4) is 0 Å². The summed E-state index contributed by atoms with van der Waals surface area (Å²) in [5.41, 5.74) is 1.86. The summed E-state index contributed by atoms with van der Waals surface area (Å²) >= 11 is 7.34. The van der Waals surface area contributed by atoms with E-state index in [0.29, 0.717) is 16.8 Å². The van der Waals surface area contributed by atoms with Crippen LogP contribution in [0.5, 0.6) is 0 Å². The molecule has 0 radical (unpaired) electrons. The van der Waals surface area contributed by atoms with Crippen LogP contribution in [-0.2, 0) is 15.4 Å². The molecule has 3 rings (SSSR count). The highest BCUT2D eigenvalue weighted by Crippen LogP contribution is 2.31. The van der Waals surface area contributed by atoms with Crippen LogP contribution in [-0.4, -0.2) is 39.3 Å². The Hall–Kier alpha value is -2.06. The van der Waals surface area contributed by atoms with E-state index in [-0.39, 0.29) is 30.2 Å². The van der Waals surface area contributed by atoms with Crippen molar-refractivity contribution in [1.82, 2.24) is 4.98 Å². The molecule has 0 aliphatic carbocycles. The van der Waals surface area contributed by atoms with Crippen LogP contribution in [0.3, 0.4) is 0 Å². The number of non-ortho nitro benzene ring substituents is 1. The largest absolute Gasteiger partial charge is 0.464 e. The van der Waals surface area contributed by atoms with Gasteiger partial charge in [-0.05, 0) is 17.7 Å². The Bertz CT molecular complexity index is 849. The maximum absolute atomic E-state index is 11.3. The predicted octanol–water partition coefficient (Wildman–Crippen LogP) is 3.24. The third-order valence-corrected chi connectivity index (χ3v) is 5.00. The first kappa shape index (κ1) is 16.8. The quantitative estimate of drug-likeness (QED) is 0.378. The summed E-state index contributed by atoms with van der Waals surface area (Å²) in [5, 5.41) is 12.8. The number of aliphatic imine (C=N–C) groups is 1. The van der Waals surface area contributed by atoms with Gasteiger partial charge in [-0.2, -0.15) is 0 Å². The Morgan fingerprint density at radius 2 is 2.33 bits per heavy atom. The minimum Gasteiger partial charge on any atom is -0.464 e. The zero-order chi connectivity index (χ0) is 17.3. The Balaban J connectivity index is 1.94. The number of benzene rings is 1. The van der Waals surface area contributed by atoms with Crippen LogP contribution in [0.2, 0.25) is 0 Å². The molecule has 0 amide bonds. The fourth-order valence-corrected chi connectivity index (χ4v) is 3.65. The Morgan fingerprint density at radius 3 is 3.00 bits per heavy atom. The van der Waals surface area contributed by atoms with Gasteiger partial charge >= 0.3 is 5.97 Å². The molecule has 126 valence electrons. The molecule has 1 aliphatic heterocycles. The first-order valence-corrected chi connectivity index (χ1v) is 8.70. The number of nitro benzene ring substituents is 1. The van der Waals surface area contributed by atoms with E-state index >= 15 is 0 Å². The molecule has 0 bridgehead atoms. The summed E-state index contributed by atoms with van der Waals surface area (Å²) in [5.74, 6) is 0.572. The zero-order valence-corrected chi connectivity index (χ0v) is 14.3. The molecule has 0 saturated carbocycles. The van der Waals surface area contributed by atoms with Crippen molar-refractivity contribution in [2.75, 3.05) is 12.4 Å². The number of ether oxygens (including phenoxy) is 1. The molecule has 2 aromatic rings. The van der Waals surface area contributed by atoms with Gasteiger partial charge in [-0.1, -0.05) is 0 Å². The molecule has 0 saturated heterocycles. The summed E-state index contributed by atoms with van der Waals surface area (Å²) in [4.78, 5) is 29.3. The topological polar surface area (TPSA) is 97.6 Å². The monoisotopic (exact) mass is 367 g/mol. The van der Waals surface area contributed by atoms with Crippen molar-refractivity contribution < 1.29 is 14.5 Å². The predicted molar refractivity (Wildman–Crippen MR) is 93.9 cm³/mol. The highest BCUT2D eigenvalue weighted by molar-refractivity contribution is 8.14. The molecule has 24 heavy (non-hydrogen) atoms. The number of halogens is 1. The van der Waals surface area contributed by atoms with Gasteiger partial charge in [0.15, 0.2) is 0 Å². The van der Waals surface area contributed by atoms with Gasteiger partial charge in [0, 0.05) is 30.0 Å². The minimum atomic E-state index is -0.425. The van der Waals surface area contributed by atoms with E-state index < -0.39 is 4.92 Å². The highest BCUT2D eigenvalue weighted by Gasteiger charge is 2.23. The van der Waals surface area contributed by atoms with Gasteiger partial charge in [0.1, 0.15) is 17.2 Å². The Kier molecular flexibility index (Phi) is 4.77. The second-order valence-electron chi connectivity index (χ2n) is 5.35. The number of H-pyrrole nitrogens is 1. The number of aromatic nitrogens is 1. The van der Waals surface area contributed by atoms with Crippen LogP contribution in [0.25, 0.3) is 10.9 Å². The molecule has 1 atom stereocenters. The van der Waals surface area contributed by atoms with Gasteiger partial charge in [0.05, 0.1) is 16.7 Å². The van der Waals surface area contributed by atoms with Gasteiger partial charge in [0.2, 0.25) is 0 Å². The Morgan fingerprint density at radius 1 is 1.54 bits per heavy atom. The van der Waals surface area contributed by atoms with Crippen LogP contribution in [0.15, 0.2) is 23.2 Å². The Labute approximate surface area is 146 Å². The average molecular weight is 368 g/mol. The van der Waals surface area contributed by atoms with Crippen molar-refractivity contribution in [3.63, 3.8) is 0 Å². The SMILES string of the molecule is CC(=O)OCC1CSC(c2cc3cc(CCl)cc([N+](=O)[O-])c3[nH]2)=N1. The number of hydrogen-bond donors (Lipinski definition) is 1. The molecule has 9 heteroatoms. The van der Waals surface area contributed by atoms with Crippen molar-refractivity contribution in [2.24, 2.45) is 4.99 Å². The van der Waals surface area contributed by atoms with Crippen molar-refractivity contribution in [3.05, 3.63) is 39.6 Å². The van der Waals surface area contributed by atoms with Gasteiger partial charge in [0.25, 0.3) is 5.69 Å². The number of nitro groups is 1. The third kappa shape index (κ3) is 3.39. The fourth-order valence-electron chi connectivity index (χ4n) is 2.48. The maximum Gasteiger partial charge on any atom is 0.302 e. The van der Waals surface area contributed by atoms with Gasteiger partial charge in [-0.25, -0.2) is 0 Å². The third-order valence-electron chi connectivity index (χ3n) is 3.54. The van der Waals surface area contributed by atoms with Crippen LogP contribution in [0, 0.1) is 10.1 Å². The number of esters is 1. The molecule has 1 aromatic heterocycles. The zero-order valence-electron chi connectivity index (χ0n) is 12.7. The lowest BCUT2D eigenvalue weighted by Gasteiger charge is -2.04. The van der Waals surface area contributed by atoms with Crippen LogP contribution in [0.1, 0.15) is 18.2 Å². The van der Waals surface area contributed by atoms with E-state index in [2.05, 4.69) is 9.98 Å². The van der Waals surface area contributed by atoms with E-state index in [0.717, 1.165) is 16.1 Å². The molecule has 0 fully saturated rings. The summed E-state index contributed by atoms with van der Waals surface area (Å²) in [6.45, 7) is 1.60. The number of carbonyl (C=O) groups is 1. The van der Waals surface area contributed by atoms with E-state index in [4.69, 9.17) is 16.3 Å². The van der Waals surface area contributed by atoms with E-state index in [1.165, 1.54) is 24.8 Å². The lowest BCUT2D eigenvalue weighted by molar-refractivity contribution is -0.383. The minimum absolute atomic E-state index is 0.00513. The first-order valence-electron chi connectivity index (χ1n) is 7.18. The van der Waals surface area contributed by atoms with E-state index in [1.807, 2.05) is 12.1 Å². The summed E-state index contributed by atoms with van der Waals surface area (Å²) in [7, 11) is 0. The summed E-state index contributed by atoms with van der Waals surface area (Å²) in [6, 6.07) is 5.03. The lowest BCUT2D eigenvalue weighted by atomic mass is 10.1. The second kappa shape index (κ2) is 6.82. The molecule has 7 nitrogen and oxygen atoms in total. The number of hydrogen-bond acceptors (Lipinski definition) is 6. The van der Waals surface area contributed by atoms with Gasteiger partial charge in [-0.15, -0.1) is 23.4 Å². The van der Waals surface area contributed by atoms with E-state index in [9.17, 15) is 14.9 Å². The van der Waals surface area contributed by atoms with E-state index in [1.54, 1.807) is 0 Å². The van der Waals surface area contributed by atoms with Crippen molar-refractivity contribution in [1.29, 1.82) is 0 Å². The number of nitrogens with zero attached hydrogens (tertiary/aromatic N) is 2. The molecule has 1 N–H and O–H groups in total. The first-order chi connectivity index (χ1) is 11.5. The molecule has 1 aliphatic rings. The number of nitrogens with one attached hydrogen (secondary N) is 1. The summed E-state index contributed by atoms with van der Waals surface area (Å²) in [6.07, 6.45) is 0. The van der Waals surface area contributed by atoms with Gasteiger partial charge in [-0.3, -0.25) is 19.9 Å². The maximum atomic E-state index is 11.3. The van der Waals surface area contributed by atoms with Crippen molar-refractivity contribution in [2.45, 2.75) is 18.8 Å². The average Bonchev–Trinajstić information content (AvgIpc) is 3.17. The lowest BCUT2D eigenvalue weighted by Crippen LogP contribution is -2.15. The standard InChI is InChI=1S/C15H14ClN3O4S/c1-8(20)23-6-11-7-24-15(17-11)12-4-10-2-9(5-16)3-13(19(21)22)14(10)18-12/h2-4,11,18H,5-7H2,1H3. The van der Waals surface area contributed by atoms with Gasteiger partial charge < -0.3 is 9.72 Å². The van der Waals surface area contributed by atoms with Crippen LogP contribution in [0.4, 0.5) is 5.69 Å². The number of rotatable bonds is 5. The number of thioether (sulfide) groups is 1. The highest BCUT2D eigenvalue weighted by atomic mass is 35.5. The summed E-state index contributed by atoms with van der Waals surface area (Å²) < 4.78 is 4.98. The molecule has 1 unspecified atom stereocenters. The number of carbonyl (C=O) groups excluding carboxylic acids is 1. The number of alkyl halides is 1.